The van der Waals surface area contributed by atoms with Crippen molar-refractivity contribution >= 4 is 46.6 Å². The standard InChI is InChI=1S/C21H21Cl2N3O4/c22-15-7-10-18(17(23)12-15)30-11-1-2-19(27)25-26-21(29)14-5-8-16(9-6-14)24-20(28)13-3-4-13/h5-10,12-13H,1-4,11H2,(H,24,28)(H,25,27)(H,26,29). The number of ether oxygens (including phenoxy) is 1. The molecule has 0 spiro atoms. The summed E-state index contributed by atoms with van der Waals surface area (Å²) in [5.41, 5.74) is 5.71. The van der Waals surface area contributed by atoms with Crippen molar-refractivity contribution in [3.05, 3.63) is 58.1 Å². The van der Waals surface area contributed by atoms with Gasteiger partial charge >= 0.3 is 0 Å². The normalized spacial score (nSPS) is 12.7. The van der Waals surface area contributed by atoms with Crippen LogP contribution in [0.3, 0.4) is 0 Å². The van der Waals surface area contributed by atoms with E-state index >= 15 is 0 Å². The van der Waals surface area contributed by atoms with Gasteiger partial charge in [-0.1, -0.05) is 23.2 Å². The first-order chi connectivity index (χ1) is 14.4. The van der Waals surface area contributed by atoms with Gasteiger partial charge in [0.05, 0.1) is 11.6 Å². The predicted molar refractivity (Wildman–Crippen MR) is 115 cm³/mol. The SMILES string of the molecule is O=C(CCCOc1ccc(Cl)cc1Cl)NNC(=O)c1ccc(NC(=O)C2CC2)cc1. The highest BCUT2D eigenvalue weighted by Crippen LogP contribution is 2.30. The maximum Gasteiger partial charge on any atom is 0.269 e. The molecule has 1 aliphatic rings. The fourth-order valence-corrected chi connectivity index (χ4v) is 3.03. The highest BCUT2D eigenvalue weighted by molar-refractivity contribution is 6.35. The average molecular weight is 450 g/mol. The Morgan fingerprint density at radius 2 is 1.73 bits per heavy atom. The van der Waals surface area contributed by atoms with Gasteiger partial charge in [-0.05, 0) is 61.7 Å². The third-order valence-corrected chi connectivity index (χ3v) is 4.91. The van der Waals surface area contributed by atoms with E-state index in [1.54, 1.807) is 42.5 Å². The molecule has 9 heteroatoms. The predicted octanol–water partition coefficient (Wildman–Crippen LogP) is 3.96. The van der Waals surface area contributed by atoms with Crippen LogP contribution in [0.15, 0.2) is 42.5 Å². The van der Waals surface area contributed by atoms with E-state index in [0.29, 0.717) is 33.5 Å². The number of amides is 3. The first-order valence-electron chi connectivity index (χ1n) is 9.50. The smallest absolute Gasteiger partial charge is 0.269 e. The molecule has 3 rings (SSSR count). The summed E-state index contributed by atoms with van der Waals surface area (Å²) < 4.78 is 5.51. The number of hydrazine groups is 1. The van der Waals surface area contributed by atoms with Crippen LogP contribution in [0.5, 0.6) is 5.75 Å². The number of hydrogen-bond acceptors (Lipinski definition) is 4. The second kappa shape index (κ2) is 10.3. The Labute approximate surface area is 184 Å². The number of nitrogens with one attached hydrogen (secondary N) is 3. The number of benzene rings is 2. The molecule has 1 saturated carbocycles. The highest BCUT2D eigenvalue weighted by Gasteiger charge is 2.29. The van der Waals surface area contributed by atoms with Gasteiger partial charge in [-0.3, -0.25) is 25.2 Å². The van der Waals surface area contributed by atoms with Crippen LogP contribution in [0.1, 0.15) is 36.0 Å². The van der Waals surface area contributed by atoms with Gasteiger partial charge in [-0.2, -0.15) is 0 Å². The summed E-state index contributed by atoms with van der Waals surface area (Å²) in [5.74, 6) is -0.194. The number of hydrogen-bond donors (Lipinski definition) is 3. The van der Waals surface area contributed by atoms with Gasteiger partial charge in [0.1, 0.15) is 5.75 Å². The van der Waals surface area contributed by atoms with Crippen molar-refractivity contribution in [2.45, 2.75) is 25.7 Å². The van der Waals surface area contributed by atoms with Gasteiger partial charge in [-0.15, -0.1) is 0 Å². The zero-order valence-electron chi connectivity index (χ0n) is 16.0. The molecule has 2 aromatic carbocycles. The summed E-state index contributed by atoms with van der Waals surface area (Å²) in [6, 6.07) is 11.4. The first-order valence-corrected chi connectivity index (χ1v) is 10.3. The van der Waals surface area contributed by atoms with Crippen molar-refractivity contribution in [2.24, 2.45) is 5.92 Å². The third-order valence-electron chi connectivity index (χ3n) is 4.38. The van der Waals surface area contributed by atoms with Crippen LogP contribution in [0.4, 0.5) is 5.69 Å². The minimum Gasteiger partial charge on any atom is -0.492 e. The molecule has 1 fully saturated rings. The first kappa shape index (κ1) is 21.9. The van der Waals surface area contributed by atoms with Crippen molar-refractivity contribution in [3.8, 4) is 5.75 Å². The summed E-state index contributed by atoms with van der Waals surface area (Å²) in [5, 5.41) is 3.71. The van der Waals surface area contributed by atoms with E-state index in [0.717, 1.165) is 12.8 Å². The lowest BCUT2D eigenvalue weighted by Crippen LogP contribution is -2.41. The molecule has 0 radical (unpaired) electrons. The molecule has 30 heavy (non-hydrogen) atoms. The summed E-state index contributed by atoms with van der Waals surface area (Å²) in [6.07, 6.45) is 2.45. The summed E-state index contributed by atoms with van der Waals surface area (Å²) >= 11 is 11.8. The Morgan fingerprint density at radius 1 is 1.00 bits per heavy atom. The lowest BCUT2D eigenvalue weighted by Gasteiger charge is -2.10. The maximum absolute atomic E-state index is 12.1. The van der Waals surface area contributed by atoms with E-state index in [2.05, 4.69) is 16.2 Å². The molecule has 7 nitrogen and oxygen atoms in total. The van der Waals surface area contributed by atoms with Crippen LogP contribution in [-0.2, 0) is 9.59 Å². The largest absolute Gasteiger partial charge is 0.492 e. The van der Waals surface area contributed by atoms with Gasteiger partial charge in [0.15, 0.2) is 0 Å². The van der Waals surface area contributed by atoms with Gasteiger partial charge in [0, 0.05) is 28.6 Å². The zero-order valence-corrected chi connectivity index (χ0v) is 17.6. The van der Waals surface area contributed by atoms with Crippen molar-refractivity contribution < 1.29 is 19.1 Å². The van der Waals surface area contributed by atoms with Crippen LogP contribution in [0, 0.1) is 5.92 Å². The zero-order chi connectivity index (χ0) is 21.5. The van der Waals surface area contributed by atoms with Crippen molar-refractivity contribution in [2.75, 3.05) is 11.9 Å². The van der Waals surface area contributed by atoms with Gasteiger partial charge in [-0.25, -0.2) is 0 Å². The lowest BCUT2D eigenvalue weighted by molar-refractivity contribution is -0.122. The summed E-state index contributed by atoms with van der Waals surface area (Å²) in [6.45, 7) is 0.288. The molecular weight excluding hydrogens is 429 g/mol. The van der Waals surface area contributed by atoms with Gasteiger partial charge in [0.25, 0.3) is 5.91 Å². The van der Waals surface area contributed by atoms with Crippen LogP contribution >= 0.6 is 23.2 Å². The molecule has 0 saturated heterocycles. The lowest BCUT2D eigenvalue weighted by atomic mass is 10.2. The second-order valence-electron chi connectivity index (χ2n) is 6.87. The molecule has 0 aromatic heterocycles. The van der Waals surface area contributed by atoms with E-state index < -0.39 is 5.91 Å². The molecular formula is C21H21Cl2N3O4. The van der Waals surface area contributed by atoms with Crippen molar-refractivity contribution in [1.29, 1.82) is 0 Å². The van der Waals surface area contributed by atoms with E-state index in [1.807, 2.05) is 0 Å². The fraction of sp³-hybridized carbons (Fsp3) is 0.286. The van der Waals surface area contributed by atoms with E-state index in [4.69, 9.17) is 27.9 Å². The monoisotopic (exact) mass is 449 g/mol. The minimum absolute atomic E-state index is 0.00165. The minimum atomic E-state index is -0.451. The van der Waals surface area contributed by atoms with Crippen molar-refractivity contribution in [3.63, 3.8) is 0 Å². The Bertz CT molecular complexity index is 930. The topological polar surface area (TPSA) is 96.5 Å². The molecule has 0 unspecified atom stereocenters. The summed E-state index contributed by atoms with van der Waals surface area (Å²) in [7, 11) is 0. The van der Waals surface area contributed by atoms with Crippen LogP contribution in [0.2, 0.25) is 10.0 Å². The average Bonchev–Trinajstić information content (AvgIpc) is 3.57. The quantitative estimate of drug-likeness (QED) is 0.419. The molecule has 0 atom stereocenters. The van der Waals surface area contributed by atoms with Gasteiger partial charge < -0.3 is 10.1 Å². The molecule has 1 aliphatic carbocycles. The van der Waals surface area contributed by atoms with Crippen molar-refractivity contribution in [1.82, 2.24) is 10.9 Å². The number of carbonyl (C=O) groups excluding carboxylic acids is 3. The van der Waals surface area contributed by atoms with Crippen LogP contribution in [0.25, 0.3) is 0 Å². The second-order valence-corrected chi connectivity index (χ2v) is 7.71. The molecule has 158 valence electrons. The Morgan fingerprint density at radius 3 is 2.40 bits per heavy atom. The Balaban J connectivity index is 1.34. The summed E-state index contributed by atoms with van der Waals surface area (Å²) in [4.78, 5) is 35.7. The number of anilines is 1. The highest BCUT2D eigenvalue weighted by atomic mass is 35.5. The van der Waals surface area contributed by atoms with E-state index in [1.165, 1.54) is 0 Å². The van der Waals surface area contributed by atoms with Crippen LogP contribution < -0.4 is 20.9 Å². The molecule has 0 bridgehead atoms. The number of rotatable bonds is 8. The van der Waals surface area contributed by atoms with E-state index in [9.17, 15) is 14.4 Å². The van der Waals surface area contributed by atoms with Crippen LogP contribution in [-0.4, -0.2) is 24.3 Å². The Hall–Kier alpha value is -2.77. The number of halogens is 2. The maximum atomic E-state index is 12.1. The Kier molecular flexibility index (Phi) is 7.54. The molecule has 3 amide bonds. The third kappa shape index (κ3) is 6.64. The fourth-order valence-electron chi connectivity index (χ4n) is 2.56. The molecule has 0 heterocycles. The van der Waals surface area contributed by atoms with E-state index in [-0.39, 0.29) is 30.8 Å². The molecule has 3 N–H and O–H groups in total. The molecule has 2 aromatic rings. The van der Waals surface area contributed by atoms with Gasteiger partial charge in [0.2, 0.25) is 11.8 Å². The molecule has 0 aliphatic heterocycles. The number of carbonyl (C=O) groups is 3.